The lowest BCUT2D eigenvalue weighted by Crippen LogP contribution is -2.39. The molecule has 0 heterocycles. The van der Waals surface area contributed by atoms with Gasteiger partial charge in [-0.1, -0.05) is 53.4 Å². The second-order valence-corrected chi connectivity index (χ2v) is 10.2. The Balaban J connectivity index is 1.94. The molecule has 0 spiro atoms. The van der Waals surface area contributed by atoms with Crippen LogP contribution in [0.1, 0.15) is 52.0 Å². The fraction of sp³-hybridized carbons (Fsp3) is 0.435. The van der Waals surface area contributed by atoms with Gasteiger partial charge in [-0.15, -0.1) is 0 Å². The molecule has 0 atom stereocenters. The van der Waals surface area contributed by atoms with Gasteiger partial charge in [-0.25, -0.2) is 8.42 Å². The number of nitrogens with zero attached hydrogens (tertiary/aromatic N) is 2. The Morgan fingerprint density at radius 3 is 2.27 bits per heavy atom. The summed E-state index contributed by atoms with van der Waals surface area (Å²) in [4.78, 5) is 27.7. The fourth-order valence-electron chi connectivity index (χ4n) is 2.95. The van der Waals surface area contributed by atoms with Crippen molar-refractivity contribution in [2.24, 2.45) is 0 Å². The highest BCUT2D eigenvalue weighted by atomic mass is 32.2. The molecule has 33 heavy (non-hydrogen) atoms. The Morgan fingerprint density at radius 2 is 1.64 bits per heavy atom. The van der Waals surface area contributed by atoms with E-state index in [1.807, 2.05) is 30.3 Å². The number of carbonyl (C=O) groups is 1. The van der Waals surface area contributed by atoms with E-state index in [4.69, 9.17) is 9.57 Å². The number of unbranched alkanes of at least 4 members (excludes halogenated alkanes) is 2. The minimum absolute atomic E-state index is 0.00921. The largest absolute Gasteiger partial charge is 0.461 e. The highest BCUT2D eigenvalue weighted by molar-refractivity contribution is 7.89. The predicted molar refractivity (Wildman–Crippen MR) is 123 cm³/mol. The molecule has 0 N–H and O–H groups in total. The molecule has 0 aliphatic heterocycles. The zero-order valence-electron chi connectivity index (χ0n) is 19.1. The van der Waals surface area contributed by atoms with Crippen molar-refractivity contribution in [3.05, 3.63) is 70.3 Å². The van der Waals surface area contributed by atoms with Gasteiger partial charge in [0, 0.05) is 19.0 Å². The number of nitro benzene ring substituents is 1. The van der Waals surface area contributed by atoms with E-state index in [1.54, 1.807) is 20.8 Å². The molecule has 0 amide bonds. The van der Waals surface area contributed by atoms with Crippen LogP contribution in [0.15, 0.2) is 59.5 Å². The summed E-state index contributed by atoms with van der Waals surface area (Å²) in [7, 11) is -4.27. The number of sulfonamides is 1. The molecule has 180 valence electrons. The Kier molecular flexibility index (Phi) is 9.51. The van der Waals surface area contributed by atoms with E-state index in [9.17, 15) is 23.3 Å². The number of hydrogen-bond acceptors (Lipinski definition) is 7. The molecular weight excluding hydrogens is 448 g/mol. The van der Waals surface area contributed by atoms with E-state index >= 15 is 0 Å². The lowest BCUT2D eigenvalue weighted by Gasteiger charge is -2.29. The highest BCUT2D eigenvalue weighted by Crippen LogP contribution is 2.28. The molecule has 0 radical (unpaired) electrons. The van der Waals surface area contributed by atoms with Crippen molar-refractivity contribution in [2.45, 2.75) is 63.6 Å². The Bertz CT molecular complexity index is 1030. The second-order valence-electron chi connectivity index (χ2n) is 8.42. The third kappa shape index (κ3) is 8.56. The summed E-state index contributed by atoms with van der Waals surface area (Å²) >= 11 is 0. The van der Waals surface area contributed by atoms with E-state index in [-0.39, 0.29) is 25.5 Å². The zero-order chi connectivity index (χ0) is 24.5. The van der Waals surface area contributed by atoms with E-state index in [0.29, 0.717) is 19.3 Å². The van der Waals surface area contributed by atoms with Gasteiger partial charge >= 0.3 is 5.97 Å². The lowest BCUT2D eigenvalue weighted by atomic mass is 10.2. The van der Waals surface area contributed by atoms with Crippen LogP contribution in [0.25, 0.3) is 0 Å². The van der Waals surface area contributed by atoms with E-state index in [0.717, 1.165) is 16.1 Å². The summed E-state index contributed by atoms with van der Waals surface area (Å²) in [6, 6.07) is 14.5. The maximum Gasteiger partial charge on any atom is 0.306 e. The number of hydroxylamine groups is 1. The molecule has 0 saturated heterocycles. The summed E-state index contributed by atoms with van der Waals surface area (Å²) in [6.07, 6.45) is 1.69. The molecule has 2 aromatic carbocycles. The summed E-state index contributed by atoms with van der Waals surface area (Å²) in [5.41, 5.74) is -0.445. The topological polar surface area (TPSA) is 116 Å². The van der Waals surface area contributed by atoms with E-state index in [1.165, 1.54) is 18.2 Å². The van der Waals surface area contributed by atoms with Crippen molar-refractivity contribution in [2.75, 3.05) is 6.54 Å². The highest BCUT2D eigenvalue weighted by Gasteiger charge is 2.34. The van der Waals surface area contributed by atoms with Crippen molar-refractivity contribution in [1.29, 1.82) is 0 Å². The molecule has 9 nitrogen and oxygen atoms in total. The predicted octanol–water partition coefficient (Wildman–Crippen LogP) is 4.62. The monoisotopic (exact) mass is 478 g/mol. The maximum absolute atomic E-state index is 13.1. The number of nitro groups is 1. The normalized spacial score (nSPS) is 12.0. The lowest BCUT2D eigenvalue weighted by molar-refractivity contribution is -0.388. The zero-order valence-corrected chi connectivity index (χ0v) is 19.9. The number of para-hydroxylation sites is 1. The van der Waals surface area contributed by atoms with Gasteiger partial charge in [-0.3, -0.25) is 19.7 Å². The first kappa shape index (κ1) is 26.4. The van der Waals surface area contributed by atoms with Crippen LogP contribution in [0.2, 0.25) is 0 Å². The summed E-state index contributed by atoms with van der Waals surface area (Å²) in [5, 5.41) is 11.3. The minimum atomic E-state index is -4.27. The first-order valence-electron chi connectivity index (χ1n) is 10.7. The Hall–Kier alpha value is -2.82. The van der Waals surface area contributed by atoms with Crippen molar-refractivity contribution in [3.8, 4) is 0 Å². The molecule has 2 aromatic rings. The van der Waals surface area contributed by atoms with Crippen molar-refractivity contribution >= 4 is 21.7 Å². The number of benzene rings is 2. The average Bonchev–Trinajstić information content (AvgIpc) is 2.76. The third-order valence-electron chi connectivity index (χ3n) is 4.45. The van der Waals surface area contributed by atoms with Crippen LogP contribution in [0, 0.1) is 10.1 Å². The maximum atomic E-state index is 13.1. The number of carbonyl (C=O) groups excluding carboxylic acids is 1. The van der Waals surface area contributed by atoms with Gasteiger partial charge in [-0.05, 0) is 45.2 Å². The van der Waals surface area contributed by atoms with Gasteiger partial charge in [-0.2, -0.15) is 0 Å². The molecule has 0 unspecified atom stereocenters. The number of ether oxygens (including phenoxy) is 1. The van der Waals surface area contributed by atoms with Crippen LogP contribution >= 0.6 is 0 Å². The van der Waals surface area contributed by atoms with E-state index in [2.05, 4.69) is 0 Å². The molecular formula is C23H30N2O7S. The van der Waals surface area contributed by atoms with Gasteiger partial charge in [0.25, 0.3) is 15.7 Å². The molecule has 0 aliphatic rings. The number of esters is 1. The summed E-state index contributed by atoms with van der Waals surface area (Å²) < 4.78 is 32.3. The Morgan fingerprint density at radius 1 is 1.00 bits per heavy atom. The number of rotatable bonds is 12. The molecule has 0 aromatic heterocycles. The van der Waals surface area contributed by atoms with Gasteiger partial charge in [0.15, 0.2) is 4.90 Å². The molecule has 0 saturated carbocycles. The van der Waals surface area contributed by atoms with Crippen LogP contribution in [-0.2, 0) is 31.0 Å². The first-order valence-corrected chi connectivity index (χ1v) is 12.1. The first-order chi connectivity index (χ1) is 15.5. The molecule has 10 heteroatoms. The third-order valence-corrected chi connectivity index (χ3v) is 6.14. The van der Waals surface area contributed by atoms with Crippen molar-refractivity contribution in [3.63, 3.8) is 0 Å². The van der Waals surface area contributed by atoms with Crippen LogP contribution in [0.5, 0.6) is 0 Å². The van der Waals surface area contributed by atoms with Crippen molar-refractivity contribution < 1.29 is 27.7 Å². The second kappa shape index (κ2) is 11.9. The molecule has 0 bridgehead atoms. The van der Waals surface area contributed by atoms with Gasteiger partial charge in [0.2, 0.25) is 0 Å². The smallest absolute Gasteiger partial charge is 0.306 e. The van der Waals surface area contributed by atoms with Gasteiger partial charge < -0.3 is 4.74 Å². The molecule has 0 aliphatic carbocycles. The standard InChI is InChI=1S/C23H30N2O7S/c1-23(2,3)32-24(33(29,30)21-15-10-9-14-20(21)25(27)28)17-11-5-8-16-22(26)31-18-19-12-6-4-7-13-19/h4,6-7,9-10,12-15H,5,8,11,16-18H2,1-3H3. The number of hydrogen-bond donors (Lipinski definition) is 0. The molecule has 0 fully saturated rings. The minimum Gasteiger partial charge on any atom is -0.461 e. The van der Waals surface area contributed by atoms with Crippen LogP contribution in [0.4, 0.5) is 5.69 Å². The summed E-state index contributed by atoms with van der Waals surface area (Å²) in [5.74, 6) is -0.325. The van der Waals surface area contributed by atoms with Crippen LogP contribution in [0.3, 0.4) is 0 Å². The van der Waals surface area contributed by atoms with Crippen LogP contribution in [-0.4, -0.2) is 35.9 Å². The SMILES string of the molecule is CC(C)(C)ON(CCCCCC(=O)OCc1ccccc1)S(=O)(=O)c1ccccc1[N+](=O)[O-]. The van der Waals surface area contributed by atoms with Crippen LogP contribution < -0.4 is 0 Å². The fourth-order valence-corrected chi connectivity index (χ4v) is 4.52. The molecule has 2 rings (SSSR count). The van der Waals surface area contributed by atoms with Gasteiger partial charge in [0.1, 0.15) is 6.61 Å². The quantitative estimate of drug-likeness (QED) is 0.189. The average molecular weight is 479 g/mol. The summed E-state index contributed by atoms with van der Waals surface area (Å²) in [6.45, 7) is 5.28. The Labute approximate surface area is 194 Å². The van der Waals surface area contributed by atoms with Gasteiger partial charge in [0.05, 0.1) is 10.5 Å². The van der Waals surface area contributed by atoms with Crippen molar-refractivity contribution in [1.82, 2.24) is 4.47 Å². The van der Waals surface area contributed by atoms with E-state index < -0.39 is 31.1 Å².